The molecule has 4 nitrogen and oxygen atoms in total. The Morgan fingerprint density at radius 3 is 1.49 bits per heavy atom. The Balaban J connectivity index is 1.54. The molecule has 0 aliphatic carbocycles. The molecular formula is C39H26N4. The fraction of sp³-hybridized carbons (Fsp3) is 0. The van der Waals surface area contributed by atoms with Gasteiger partial charge in [-0.25, -0.2) is 15.0 Å². The van der Waals surface area contributed by atoms with E-state index in [1.165, 1.54) is 16.7 Å². The van der Waals surface area contributed by atoms with Gasteiger partial charge in [0.15, 0.2) is 17.5 Å². The molecule has 2 heterocycles. The summed E-state index contributed by atoms with van der Waals surface area (Å²) in [6.07, 6.45) is 0. The molecule has 8 aromatic rings. The molecule has 0 amide bonds. The van der Waals surface area contributed by atoms with Gasteiger partial charge in [-0.3, -0.25) is 0 Å². The highest BCUT2D eigenvalue weighted by Gasteiger charge is 2.17. The Hall–Kier alpha value is -5.87. The van der Waals surface area contributed by atoms with E-state index in [-0.39, 0.29) is 80.7 Å². The normalized spacial score (nSPS) is 14.8. The number of nitrogens with zero attached hydrogens (tertiary/aromatic N) is 4. The molecule has 0 spiro atoms. The number of hydrogen-bond acceptors (Lipinski definition) is 3. The molecule has 8 rings (SSSR count). The number of para-hydroxylation sites is 2. The molecule has 0 atom stereocenters. The maximum atomic E-state index is 8.99. The number of aromatic nitrogens is 4. The summed E-state index contributed by atoms with van der Waals surface area (Å²) in [5, 5.41) is 0.0884. The molecule has 2 aromatic heterocycles. The fourth-order valence-electron chi connectivity index (χ4n) is 5.12. The van der Waals surface area contributed by atoms with Crippen molar-refractivity contribution in [3.63, 3.8) is 0 Å². The summed E-state index contributed by atoms with van der Waals surface area (Å²) in [5.74, 6) is 0.855. The molecule has 202 valence electrons. The maximum absolute atomic E-state index is 8.99. The van der Waals surface area contributed by atoms with Gasteiger partial charge in [0.1, 0.15) is 0 Å². The van der Waals surface area contributed by atoms with E-state index in [1.807, 2.05) is 60.7 Å². The Bertz CT molecular complexity index is 2680. The molecule has 0 aliphatic rings. The summed E-state index contributed by atoms with van der Waals surface area (Å²) in [7, 11) is 0. The lowest BCUT2D eigenvalue weighted by Crippen LogP contribution is -2.01. The van der Waals surface area contributed by atoms with Gasteiger partial charge in [-0.2, -0.15) is 0 Å². The highest BCUT2D eigenvalue weighted by Crippen LogP contribution is 2.36. The van der Waals surface area contributed by atoms with Crippen LogP contribution in [0.25, 0.3) is 72.8 Å². The first-order valence-electron chi connectivity index (χ1n) is 19.0. The Labute approximate surface area is 265 Å². The van der Waals surface area contributed by atoms with E-state index >= 15 is 0 Å². The molecule has 0 bridgehead atoms. The minimum Gasteiger partial charge on any atom is -0.309 e. The zero-order chi connectivity index (χ0) is 38.2. The first kappa shape index (κ1) is 15.9. The monoisotopic (exact) mass is 561 g/mol. The summed E-state index contributed by atoms with van der Waals surface area (Å²) in [6.45, 7) is 0. The topological polar surface area (TPSA) is 43.6 Å². The zero-order valence-corrected chi connectivity index (χ0v) is 22.4. The highest BCUT2D eigenvalue weighted by molar-refractivity contribution is 6.09. The van der Waals surface area contributed by atoms with E-state index in [9.17, 15) is 0 Å². The Kier molecular flexibility index (Phi) is 3.90. The molecule has 0 radical (unpaired) electrons. The van der Waals surface area contributed by atoms with E-state index in [1.54, 1.807) is 18.2 Å². The summed E-state index contributed by atoms with van der Waals surface area (Å²) in [4.78, 5) is 14.5. The predicted octanol–water partition coefficient (Wildman–Crippen LogP) is 9.64. The van der Waals surface area contributed by atoms with Crippen LogP contribution in [0.15, 0.2) is 157 Å². The van der Waals surface area contributed by atoms with Gasteiger partial charge in [0.05, 0.1) is 26.1 Å². The molecule has 0 fully saturated rings. The van der Waals surface area contributed by atoms with E-state index in [0.29, 0.717) is 28.3 Å². The van der Waals surface area contributed by atoms with Crippen LogP contribution in [0.3, 0.4) is 0 Å². The van der Waals surface area contributed by atoms with Crippen LogP contribution in [0.5, 0.6) is 0 Å². The van der Waals surface area contributed by atoms with Gasteiger partial charge >= 0.3 is 0 Å². The van der Waals surface area contributed by atoms with Crippen LogP contribution in [-0.4, -0.2) is 19.5 Å². The van der Waals surface area contributed by atoms with E-state index in [4.69, 9.17) is 30.0 Å². The SMILES string of the molecule is [2H]c1cc([2H])c2c(c1[2H])c1c([2H])c([2H])cc([2H])c1n2-c1cc(-c2nc(-c3ccccc3)nc(-c3ccccc3)n2)cc(-c2c([2H])c([2H])c([2H])c([2H])c2[2H])c1. The highest BCUT2D eigenvalue weighted by atomic mass is 15.0. The summed E-state index contributed by atoms with van der Waals surface area (Å²) in [6, 6.07) is 21.7. The number of rotatable bonds is 5. The van der Waals surface area contributed by atoms with Gasteiger partial charge in [0.25, 0.3) is 0 Å². The molecule has 6 aromatic carbocycles. The minimum absolute atomic E-state index is 0.0442. The third-order valence-electron chi connectivity index (χ3n) is 7.05. The quantitative estimate of drug-likeness (QED) is 0.210. The third-order valence-corrected chi connectivity index (χ3v) is 7.05. The summed E-state index contributed by atoms with van der Waals surface area (Å²) >= 11 is 0. The average molecular weight is 562 g/mol. The lowest BCUT2D eigenvalue weighted by molar-refractivity contribution is 1.07. The predicted molar refractivity (Wildman–Crippen MR) is 176 cm³/mol. The standard InChI is InChI=1S/C39H26N4/c1-4-14-27(15-5-1)30-24-31(26-32(25-30)43-35-22-12-10-20-33(35)34-21-11-13-23-36(34)43)39-41-37(28-16-6-2-7-17-28)40-38(42-39)29-18-8-3-9-19-29/h1-26H/i1D,4D,5D,10D,11D,14D,15D,20D,21D,22D,23D. The maximum Gasteiger partial charge on any atom is 0.164 e. The molecule has 0 aliphatic heterocycles. The van der Waals surface area contributed by atoms with Gasteiger partial charge in [-0.1, -0.05) is 127 Å². The fourth-order valence-corrected chi connectivity index (χ4v) is 5.12. The van der Waals surface area contributed by atoms with E-state index < -0.39 is 30.2 Å². The van der Waals surface area contributed by atoms with Crippen molar-refractivity contribution in [2.75, 3.05) is 0 Å². The van der Waals surface area contributed by atoms with Crippen LogP contribution >= 0.6 is 0 Å². The molecular weight excluding hydrogens is 524 g/mol. The smallest absolute Gasteiger partial charge is 0.164 e. The molecule has 43 heavy (non-hydrogen) atoms. The largest absolute Gasteiger partial charge is 0.309 e. The van der Waals surface area contributed by atoms with Crippen molar-refractivity contribution >= 4 is 21.8 Å². The second-order valence-corrected chi connectivity index (χ2v) is 9.71. The second kappa shape index (κ2) is 10.5. The molecule has 4 heteroatoms. The minimum atomic E-state index is -0.564. The molecule has 0 unspecified atom stereocenters. The van der Waals surface area contributed by atoms with Crippen molar-refractivity contribution in [3.8, 4) is 51.0 Å². The van der Waals surface area contributed by atoms with Gasteiger partial charge in [-0.05, 0) is 41.4 Å². The van der Waals surface area contributed by atoms with Crippen LogP contribution in [0.1, 0.15) is 15.1 Å². The number of fused-ring (bicyclic) bond motifs is 3. The van der Waals surface area contributed by atoms with Crippen molar-refractivity contribution in [1.82, 2.24) is 19.5 Å². The van der Waals surface area contributed by atoms with Gasteiger partial charge in [0, 0.05) is 33.2 Å². The van der Waals surface area contributed by atoms with Gasteiger partial charge < -0.3 is 4.57 Å². The van der Waals surface area contributed by atoms with E-state index in [2.05, 4.69) is 0 Å². The van der Waals surface area contributed by atoms with Gasteiger partial charge in [-0.15, -0.1) is 0 Å². The first-order valence-corrected chi connectivity index (χ1v) is 13.5. The van der Waals surface area contributed by atoms with Crippen LogP contribution in [-0.2, 0) is 0 Å². The number of hydrogen-bond donors (Lipinski definition) is 0. The van der Waals surface area contributed by atoms with Crippen LogP contribution in [0, 0.1) is 0 Å². The van der Waals surface area contributed by atoms with Crippen molar-refractivity contribution in [3.05, 3.63) is 157 Å². The number of benzene rings is 6. The zero-order valence-electron chi connectivity index (χ0n) is 33.4. The third kappa shape index (κ3) is 4.55. The van der Waals surface area contributed by atoms with Crippen LogP contribution in [0.2, 0.25) is 0 Å². The lowest BCUT2D eigenvalue weighted by Gasteiger charge is -2.14. The van der Waals surface area contributed by atoms with Crippen molar-refractivity contribution in [2.45, 2.75) is 0 Å². The average Bonchev–Trinajstić information content (AvgIpc) is 3.56. The second-order valence-electron chi connectivity index (χ2n) is 9.71. The van der Waals surface area contributed by atoms with Crippen molar-refractivity contribution in [1.29, 1.82) is 0 Å². The summed E-state index contributed by atoms with van der Waals surface area (Å²) < 4.78 is 96.7. The van der Waals surface area contributed by atoms with Crippen molar-refractivity contribution < 1.29 is 15.1 Å². The Morgan fingerprint density at radius 2 is 0.930 bits per heavy atom. The molecule has 0 N–H and O–H groups in total. The molecule has 0 saturated heterocycles. The van der Waals surface area contributed by atoms with Crippen LogP contribution in [0.4, 0.5) is 0 Å². The lowest BCUT2D eigenvalue weighted by atomic mass is 10.0. The summed E-state index contributed by atoms with van der Waals surface area (Å²) in [5.41, 5.74) is 2.18. The first-order chi connectivity index (χ1) is 25.8. The Morgan fingerprint density at radius 1 is 0.419 bits per heavy atom. The van der Waals surface area contributed by atoms with E-state index in [0.717, 1.165) is 0 Å². The van der Waals surface area contributed by atoms with Gasteiger partial charge in [0.2, 0.25) is 0 Å². The molecule has 0 saturated carbocycles. The van der Waals surface area contributed by atoms with Crippen molar-refractivity contribution in [2.24, 2.45) is 0 Å². The van der Waals surface area contributed by atoms with Crippen LogP contribution < -0.4 is 0 Å².